The van der Waals surface area contributed by atoms with Crippen molar-refractivity contribution in [3.63, 3.8) is 0 Å². The van der Waals surface area contributed by atoms with Crippen molar-refractivity contribution in [2.45, 2.75) is 6.92 Å². The summed E-state index contributed by atoms with van der Waals surface area (Å²) >= 11 is 1.23. The molecule has 1 N–H and O–H groups in total. The lowest BCUT2D eigenvalue weighted by molar-refractivity contribution is 0.0962. The number of hydrogen-bond acceptors (Lipinski definition) is 7. The summed E-state index contributed by atoms with van der Waals surface area (Å²) in [5.74, 6) is -0.347. The van der Waals surface area contributed by atoms with Gasteiger partial charge in [-0.15, -0.1) is 16.4 Å². The van der Waals surface area contributed by atoms with Crippen LogP contribution >= 0.6 is 11.3 Å². The summed E-state index contributed by atoms with van der Waals surface area (Å²) in [6, 6.07) is 0. The minimum Gasteiger partial charge on any atom is -0.325 e. The van der Waals surface area contributed by atoms with Gasteiger partial charge in [-0.1, -0.05) is 11.8 Å². The third kappa shape index (κ3) is 2.29. The van der Waals surface area contributed by atoms with Crippen LogP contribution < -0.4 is 11.0 Å². The number of fused-ring (bicyclic) bond motifs is 1. The third-order valence-corrected chi connectivity index (χ3v) is 3.61. The van der Waals surface area contributed by atoms with Crippen molar-refractivity contribution in [3.05, 3.63) is 40.2 Å². The number of carbonyl (C=O) groups excluding carboxylic acids is 1. The van der Waals surface area contributed by atoms with Crippen LogP contribution in [-0.2, 0) is 7.05 Å². The van der Waals surface area contributed by atoms with Gasteiger partial charge in [0.2, 0.25) is 0 Å². The lowest BCUT2D eigenvalue weighted by Crippen LogP contribution is -2.26. The first-order valence-electron chi connectivity index (χ1n) is 6.17. The maximum Gasteiger partial charge on any atom is 0.352 e. The highest BCUT2D eigenvalue weighted by atomic mass is 32.1. The van der Waals surface area contributed by atoms with Crippen LogP contribution in [-0.4, -0.2) is 35.3 Å². The molecule has 0 spiro atoms. The Labute approximate surface area is 128 Å². The normalized spacial score (nSPS) is 10.8. The number of allylic oxidation sites excluding steroid dienone is 1. The standard InChI is InChI=1S/C12H11N7O2S/c1-6(2)14-10(20)7-4-22-11(15-7)8-9-16-17-18(3)12(21)19(9)5-13-8/h4-5H,1H2,2-3H3,(H,14,20). The van der Waals surface area contributed by atoms with Crippen LogP contribution in [0.4, 0.5) is 0 Å². The Morgan fingerprint density at radius 2 is 2.23 bits per heavy atom. The molecule has 3 aromatic rings. The molecule has 0 aliphatic rings. The van der Waals surface area contributed by atoms with E-state index in [1.165, 1.54) is 29.1 Å². The third-order valence-electron chi connectivity index (χ3n) is 2.77. The average Bonchev–Trinajstić information content (AvgIpc) is 3.08. The second-order valence-corrected chi connectivity index (χ2v) is 5.41. The molecule has 9 nitrogen and oxygen atoms in total. The molecule has 0 aliphatic carbocycles. The number of carbonyl (C=O) groups is 1. The zero-order valence-corrected chi connectivity index (χ0v) is 12.6. The second kappa shape index (κ2) is 5.15. The molecule has 0 saturated heterocycles. The van der Waals surface area contributed by atoms with Gasteiger partial charge in [0, 0.05) is 18.1 Å². The molecule has 3 aromatic heterocycles. The van der Waals surface area contributed by atoms with E-state index < -0.39 is 0 Å². The van der Waals surface area contributed by atoms with Crippen molar-refractivity contribution < 1.29 is 4.79 Å². The Bertz CT molecular complexity index is 952. The van der Waals surface area contributed by atoms with Gasteiger partial charge in [-0.05, 0) is 6.92 Å². The summed E-state index contributed by atoms with van der Waals surface area (Å²) in [4.78, 5) is 32.1. The number of thiazole rings is 1. The van der Waals surface area contributed by atoms with Crippen molar-refractivity contribution in [1.82, 2.24) is 34.7 Å². The number of nitrogens with zero attached hydrogens (tertiary/aromatic N) is 6. The molecule has 3 heterocycles. The van der Waals surface area contributed by atoms with Crippen molar-refractivity contribution in [3.8, 4) is 10.7 Å². The first-order valence-corrected chi connectivity index (χ1v) is 7.05. The molecular weight excluding hydrogens is 306 g/mol. The van der Waals surface area contributed by atoms with Crippen molar-refractivity contribution in [1.29, 1.82) is 0 Å². The minimum atomic E-state index is -0.361. The zero-order chi connectivity index (χ0) is 15.9. The fraction of sp³-hybridized carbons (Fsp3) is 0.167. The molecule has 0 atom stereocenters. The molecule has 10 heteroatoms. The van der Waals surface area contributed by atoms with Crippen LogP contribution in [0, 0.1) is 0 Å². The van der Waals surface area contributed by atoms with Crippen LogP contribution in [0.2, 0.25) is 0 Å². The van der Waals surface area contributed by atoms with E-state index in [2.05, 4.69) is 32.2 Å². The summed E-state index contributed by atoms with van der Waals surface area (Å²) in [6.07, 6.45) is 1.36. The summed E-state index contributed by atoms with van der Waals surface area (Å²) in [7, 11) is 1.50. The SMILES string of the molecule is C=C(C)NC(=O)c1csc(-c2ncn3c(=O)n(C)nnc23)n1. The number of hydrogen-bond donors (Lipinski definition) is 1. The van der Waals surface area contributed by atoms with E-state index in [9.17, 15) is 9.59 Å². The van der Waals surface area contributed by atoms with Crippen molar-refractivity contribution in [2.75, 3.05) is 0 Å². The fourth-order valence-electron chi connectivity index (χ4n) is 1.78. The van der Waals surface area contributed by atoms with Gasteiger partial charge in [-0.2, -0.15) is 4.68 Å². The highest BCUT2D eigenvalue weighted by Crippen LogP contribution is 2.24. The maximum absolute atomic E-state index is 11.9. The fourth-order valence-corrected chi connectivity index (χ4v) is 2.57. The number of rotatable bonds is 3. The van der Waals surface area contributed by atoms with Gasteiger partial charge in [-0.25, -0.2) is 19.2 Å². The number of imidazole rings is 1. The molecule has 0 unspecified atom stereocenters. The Morgan fingerprint density at radius 1 is 1.45 bits per heavy atom. The lowest BCUT2D eigenvalue weighted by Gasteiger charge is -1.99. The van der Waals surface area contributed by atoms with Gasteiger partial charge >= 0.3 is 5.69 Å². The first kappa shape index (κ1) is 14.1. The minimum absolute atomic E-state index is 0.251. The van der Waals surface area contributed by atoms with E-state index in [1.807, 2.05) is 0 Å². The van der Waals surface area contributed by atoms with Crippen molar-refractivity contribution in [2.24, 2.45) is 7.05 Å². The van der Waals surface area contributed by atoms with E-state index in [0.717, 1.165) is 4.68 Å². The van der Waals surface area contributed by atoms with Crippen LogP contribution in [0.25, 0.3) is 16.3 Å². The quantitative estimate of drug-likeness (QED) is 0.740. The van der Waals surface area contributed by atoms with Gasteiger partial charge in [0.25, 0.3) is 5.91 Å². The molecule has 22 heavy (non-hydrogen) atoms. The van der Waals surface area contributed by atoms with Crippen LogP contribution in [0.15, 0.2) is 28.8 Å². The molecule has 112 valence electrons. The number of aromatic nitrogens is 6. The van der Waals surface area contributed by atoms with E-state index >= 15 is 0 Å². The number of aryl methyl sites for hydroxylation is 1. The van der Waals surface area contributed by atoms with E-state index in [-0.39, 0.29) is 17.3 Å². The number of amides is 1. The Balaban J connectivity index is 2.04. The highest BCUT2D eigenvalue weighted by molar-refractivity contribution is 7.13. The lowest BCUT2D eigenvalue weighted by atomic mass is 10.4. The van der Waals surface area contributed by atoms with Gasteiger partial charge < -0.3 is 5.32 Å². The first-order chi connectivity index (χ1) is 10.5. The Kier molecular flexibility index (Phi) is 3.29. The van der Waals surface area contributed by atoms with Crippen LogP contribution in [0.3, 0.4) is 0 Å². The van der Waals surface area contributed by atoms with Gasteiger partial charge in [-0.3, -0.25) is 4.79 Å². The molecule has 0 saturated carbocycles. The maximum atomic E-state index is 11.9. The monoisotopic (exact) mass is 317 g/mol. The van der Waals surface area contributed by atoms with Crippen molar-refractivity contribution >= 4 is 22.9 Å². The molecular formula is C12H11N7O2S. The summed E-state index contributed by atoms with van der Waals surface area (Å²) in [5, 5.41) is 12.3. The predicted molar refractivity (Wildman–Crippen MR) is 79.4 cm³/mol. The van der Waals surface area contributed by atoms with Gasteiger partial charge in [0.05, 0.1) is 0 Å². The Hall–Kier alpha value is -2.88. The van der Waals surface area contributed by atoms with E-state index in [0.29, 0.717) is 22.0 Å². The van der Waals surface area contributed by atoms with E-state index in [4.69, 9.17) is 0 Å². The number of nitrogens with one attached hydrogen (secondary N) is 1. The molecule has 0 aromatic carbocycles. The molecule has 0 radical (unpaired) electrons. The predicted octanol–water partition coefficient (Wildman–Crippen LogP) is 0.210. The summed E-state index contributed by atoms with van der Waals surface area (Å²) < 4.78 is 2.38. The van der Waals surface area contributed by atoms with Crippen LogP contribution in [0.5, 0.6) is 0 Å². The van der Waals surface area contributed by atoms with Gasteiger partial charge in [0.1, 0.15) is 22.7 Å². The molecule has 0 fully saturated rings. The molecule has 0 aliphatic heterocycles. The molecule has 0 bridgehead atoms. The Morgan fingerprint density at radius 3 is 2.95 bits per heavy atom. The van der Waals surface area contributed by atoms with Gasteiger partial charge in [0.15, 0.2) is 5.65 Å². The smallest absolute Gasteiger partial charge is 0.325 e. The average molecular weight is 317 g/mol. The zero-order valence-electron chi connectivity index (χ0n) is 11.8. The molecule has 1 amide bonds. The van der Waals surface area contributed by atoms with Crippen LogP contribution in [0.1, 0.15) is 17.4 Å². The second-order valence-electron chi connectivity index (χ2n) is 4.55. The highest BCUT2D eigenvalue weighted by Gasteiger charge is 2.17. The molecule has 3 rings (SSSR count). The summed E-state index contributed by atoms with van der Waals surface area (Å²) in [5.41, 5.74) is 1.12. The largest absolute Gasteiger partial charge is 0.352 e. The van der Waals surface area contributed by atoms with E-state index in [1.54, 1.807) is 12.3 Å². The topological polar surface area (TPSA) is 107 Å². The summed E-state index contributed by atoms with van der Waals surface area (Å²) in [6.45, 7) is 5.29.